The minimum atomic E-state index is -0.889. The van der Waals surface area contributed by atoms with Gasteiger partial charge < -0.3 is 9.84 Å². The lowest BCUT2D eigenvalue weighted by Crippen LogP contribution is -1.94. The Kier molecular flexibility index (Phi) is 4.02. The third kappa shape index (κ3) is 3.23. The molecule has 3 nitrogen and oxygen atoms in total. The van der Waals surface area contributed by atoms with Crippen molar-refractivity contribution in [1.29, 1.82) is 0 Å². The Morgan fingerprint density at radius 2 is 1.89 bits per heavy atom. The van der Waals surface area contributed by atoms with Crippen molar-refractivity contribution in [2.75, 3.05) is 7.11 Å². The molecule has 0 radical (unpaired) electrons. The molecule has 0 saturated carbocycles. The molecular weight excluding hydrogens is 260 g/mol. The predicted molar refractivity (Wildman–Crippen MR) is 77.6 cm³/mol. The maximum atomic E-state index is 10.8. The highest BCUT2D eigenvalue weighted by Gasteiger charge is 2.04. The van der Waals surface area contributed by atoms with E-state index in [4.69, 9.17) is 9.84 Å². The molecule has 0 aliphatic heterocycles. The molecule has 2 aromatic rings. The number of carboxylic acids is 1. The lowest BCUT2D eigenvalue weighted by Gasteiger charge is -2.00. The number of benzene rings is 1. The molecule has 1 aromatic carbocycles. The van der Waals surface area contributed by atoms with Crippen molar-refractivity contribution in [3.63, 3.8) is 0 Å². The van der Waals surface area contributed by atoms with Crippen LogP contribution in [0.4, 0.5) is 0 Å². The molecule has 0 aliphatic carbocycles. The zero-order valence-corrected chi connectivity index (χ0v) is 11.5. The molecule has 98 valence electrons. The van der Waals surface area contributed by atoms with Crippen molar-refractivity contribution in [3.8, 4) is 16.2 Å². The van der Waals surface area contributed by atoms with Crippen molar-refractivity contribution in [2.24, 2.45) is 0 Å². The van der Waals surface area contributed by atoms with Crippen LogP contribution in [0.25, 0.3) is 16.5 Å². The van der Waals surface area contributed by atoms with Crippen LogP contribution >= 0.6 is 11.3 Å². The van der Waals surface area contributed by atoms with Crippen molar-refractivity contribution in [2.45, 2.75) is 6.92 Å². The molecule has 0 atom stereocenters. The summed E-state index contributed by atoms with van der Waals surface area (Å²) in [6.07, 6.45) is 1.68. The van der Waals surface area contributed by atoms with E-state index >= 15 is 0 Å². The first-order valence-electron chi connectivity index (χ1n) is 5.76. The first-order valence-corrected chi connectivity index (χ1v) is 6.57. The molecule has 1 heterocycles. The van der Waals surface area contributed by atoms with Gasteiger partial charge in [0.1, 0.15) is 5.75 Å². The Hall–Kier alpha value is -2.07. The summed E-state index contributed by atoms with van der Waals surface area (Å²) in [5.74, 6) is -0.0680. The fourth-order valence-corrected chi connectivity index (χ4v) is 2.63. The molecule has 1 N–H and O–H groups in total. The highest BCUT2D eigenvalue weighted by atomic mass is 32.1. The summed E-state index contributed by atoms with van der Waals surface area (Å²) in [6, 6.07) is 11.7. The number of methoxy groups -OCH3 is 1. The first kappa shape index (κ1) is 13.4. The van der Waals surface area contributed by atoms with Gasteiger partial charge >= 0.3 is 5.97 Å². The van der Waals surface area contributed by atoms with Gasteiger partial charge in [-0.2, -0.15) is 0 Å². The van der Waals surface area contributed by atoms with Gasteiger partial charge in [0, 0.05) is 15.3 Å². The standard InChI is InChI=1S/C15H14O3S/c1-10(15(16)17)9-13-7-8-14(19-13)11-3-5-12(18-2)6-4-11/h3-9H,1-2H3,(H,16,17)/b10-9+. The van der Waals surface area contributed by atoms with E-state index in [2.05, 4.69) is 0 Å². The summed E-state index contributed by atoms with van der Waals surface area (Å²) in [4.78, 5) is 12.8. The Balaban J connectivity index is 2.25. The van der Waals surface area contributed by atoms with E-state index in [1.807, 2.05) is 36.4 Å². The van der Waals surface area contributed by atoms with E-state index in [1.165, 1.54) is 0 Å². The minimum absolute atomic E-state index is 0.336. The van der Waals surface area contributed by atoms with Crippen molar-refractivity contribution in [1.82, 2.24) is 0 Å². The second-order valence-electron chi connectivity index (χ2n) is 4.06. The fraction of sp³-hybridized carbons (Fsp3) is 0.133. The molecule has 0 saturated heterocycles. The first-order chi connectivity index (χ1) is 9.10. The quantitative estimate of drug-likeness (QED) is 0.860. The van der Waals surface area contributed by atoms with Gasteiger partial charge in [0.15, 0.2) is 0 Å². The molecule has 0 bridgehead atoms. The summed E-state index contributed by atoms with van der Waals surface area (Å²) in [5, 5.41) is 8.85. The predicted octanol–water partition coefficient (Wildman–Crippen LogP) is 3.91. The van der Waals surface area contributed by atoms with Gasteiger partial charge in [-0.25, -0.2) is 4.79 Å². The average Bonchev–Trinajstić information content (AvgIpc) is 2.87. The normalized spacial score (nSPS) is 11.4. The number of hydrogen-bond acceptors (Lipinski definition) is 3. The third-order valence-electron chi connectivity index (χ3n) is 2.70. The Bertz CT molecular complexity index is 609. The maximum absolute atomic E-state index is 10.8. The Labute approximate surface area is 115 Å². The van der Waals surface area contributed by atoms with Crippen LogP contribution < -0.4 is 4.74 Å². The number of hydrogen-bond donors (Lipinski definition) is 1. The second kappa shape index (κ2) is 5.71. The monoisotopic (exact) mass is 274 g/mol. The van der Waals surface area contributed by atoms with Gasteiger partial charge in [-0.15, -0.1) is 11.3 Å². The minimum Gasteiger partial charge on any atom is -0.497 e. The van der Waals surface area contributed by atoms with E-state index in [0.717, 1.165) is 21.1 Å². The summed E-state index contributed by atoms with van der Waals surface area (Å²) in [6.45, 7) is 1.59. The van der Waals surface area contributed by atoms with Gasteiger partial charge in [-0.3, -0.25) is 0 Å². The molecule has 0 spiro atoms. The van der Waals surface area contributed by atoms with E-state index in [1.54, 1.807) is 31.4 Å². The van der Waals surface area contributed by atoms with Gasteiger partial charge in [-0.1, -0.05) is 0 Å². The van der Waals surface area contributed by atoms with Crippen LogP contribution in [0.1, 0.15) is 11.8 Å². The smallest absolute Gasteiger partial charge is 0.331 e. The molecule has 4 heteroatoms. The molecular formula is C15H14O3S. The van der Waals surface area contributed by atoms with Crippen LogP contribution in [0, 0.1) is 0 Å². The summed E-state index contributed by atoms with van der Waals surface area (Å²) < 4.78 is 5.12. The molecule has 19 heavy (non-hydrogen) atoms. The van der Waals surface area contributed by atoms with Crippen molar-refractivity contribution < 1.29 is 14.6 Å². The second-order valence-corrected chi connectivity index (χ2v) is 5.18. The Morgan fingerprint density at radius 1 is 1.21 bits per heavy atom. The van der Waals surface area contributed by atoms with Crippen LogP contribution in [-0.2, 0) is 4.79 Å². The SMILES string of the molecule is COc1ccc(-c2ccc(/C=C(\C)C(=O)O)s2)cc1. The highest BCUT2D eigenvalue weighted by Crippen LogP contribution is 2.30. The van der Waals surface area contributed by atoms with Crippen molar-refractivity contribution >= 4 is 23.4 Å². The van der Waals surface area contributed by atoms with E-state index in [0.29, 0.717) is 5.57 Å². The fourth-order valence-electron chi connectivity index (χ4n) is 1.62. The van der Waals surface area contributed by atoms with Crippen LogP contribution in [0.3, 0.4) is 0 Å². The molecule has 0 amide bonds. The Morgan fingerprint density at radius 3 is 2.47 bits per heavy atom. The molecule has 1 aromatic heterocycles. The van der Waals surface area contributed by atoms with Crippen LogP contribution in [0.15, 0.2) is 42.0 Å². The molecule has 0 unspecified atom stereocenters. The summed E-state index contributed by atoms with van der Waals surface area (Å²) in [5.41, 5.74) is 1.43. The van der Waals surface area contributed by atoms with E-state index in [-0.39, 0.29) is 0 Å². The lowest BCUT2D eigenvalue weighted by molar-refractivity contribution is -0.132. The molecule has 0 aliphatic rings. The molecule has 0 fully saturated rings. The number of carboxylic acid groups (broad SMARTS) is 1. The van der Waals surface area contributed by atoms with Gasteiger partial charge in [-0.05, 0) is 55.0 Å². The highest BCUT2D eigenvalue weighted by molar-refractivity contribution is 7.16. The third-order valence-corrected chi connectivity index (χ3v) is 3.78. The maximum Gasteiger partial charge on any atom is 0.331 e. The van der Waals surface area contributed by atoms with Gasteiger partial charge in [0.25, 0.3) is 0 Å². The number of ether oxygens (including phenoxy) is 1. The van der Waals surface area contributed by atoms with E-state index < -0.39 is 5.97 Å². The van der Waals surface area contributed by atoms with E-state index in [9.17, 15) is 4.79 Å². The average molecular weight is 274 g/mol. The number of aliphatic carboxylic acids is 1. The zero-order valence-electron chi connectivity index (χ0n) is 10.7. The van der Waals surface area contributed by atoms with Crippen LogP contribution in [0.2, 0.25) is 0 Å². The number of carbonyl (C=O) groups is 1. The van der Waals surface area contributed by atoms with Crippen LogP contribution in [-0.4, -0.2) is 18.2 Å². The number of thiophene rings is 1. The summed E-state index contributed by atoms with van der Waals surface area (Å²) in [7, 11) is 1.64. The topological polar surface area (TPSA) is 46.5 Å². The zero-order chi connectivity index (χ0) is 13.8. The van der Waals surface area contributed by atoms with Crippen molar-refractivity contribution in [3.05, 3.63) is 46.8 Å². The summed E-state index contributed by atoms with van der Waals surface area (Å²) >= 11 is 1.56. The van der Waals surface area contributed by atoms with Gasteiger partial charge in [0.05, 0.1) is 7.11 Å². The van der Waals surface area contributed by atoms with Gasteiger partial charge in [0.2, 0.25) is 0 Å². The molecule has 2 rings (SSSR count). The number of rotatable bonds is 4. The largest absolute Gasteiger partial charge is 0.497 e. The lowest BCUT2D eigenvalue weighted by atomic mass is 10.2. The van der Waals surface area contributed by atoms with Crippen LogP contribution in [0.5, 0.6) is 5.75 Å².